The first-order chi connectivity index (χ1) is 13.1. The van der Waals surface area contributed by atoms with Crippen LogP contribution in [0.25, 0.3) is 0 Å². The lowest BCUT2D eigenvalue weighted by atomic mass is 9.65. The molecule has 0 spiro atoms. The molecule has 1 aromatic heterocycles. The minimum atomic E-state index is -0.960. The Morgan fingerprint density at radius 3 is 2.78 bits per heavy atom. The lowest BCUT2D eigenvalue weighted by molar-refractivity contribution is -0.0401. The van der Waals surface area contributed by atoms with Crippen molar-refractivity contribution in [2.24, 2.45) is 0 Å². The summed E-state index contributed by atoms with van der Waals surface area (Å²) in [6, 6.07) is 16.0. The lowest BCUT2D eigenvalue weighted by Gasteiger charge is -2.42. The van der Waals surface area contributed by atoms with Gasteiger partial charge < -0.3 is 9.84 Å². The molecule has 1 aliphatic carbocycles. The summed E-state index contributed by atoms with van der Waals surface area (Å²) >= 11 is 0. The largest absolute Gasteiger partial charge is 0.465 e. The zero-order valence-electron chi connectivity index (χ0n) is 15.0. The predicted octanol–water partition coefficient (Wildman–Crippen LogP) is 3.65. The maximum atomic E-state index is 11.4. The highest BCUT2D eigenvalue weighted by Gasteiger charge is 2.48. The molecule has 1 saturated carbocycles. The van der Waals surface area contributed by atoms with Gasteiger partial charge in [0.2, 0.25) is 0 Å². The van der Waals surface area contributed by atoms with Gasteiger partial charge in [0, 0.05) is 6.54 Å². The van der Waals surface area contributed by atoms with Crippen LogP contribution in [0.3, 0.4) is 0 Å². The van der Waals surface area contributed by atoms with Gasteiger partial charge in [0.1, 0.15) is 5.41 Å². The number of fused-ring (bicyclic) bond motifs is 1. The molecule has 6 nitrogen and oxygen atoms in total. The van der Waals surface area contributed by atoms with Crippen LogP contribution in [0.15, 0.2) is 42.5 Å². The maximum absolute atomic E-state index is 11.4. The molecule has 0 saturated heterocycles. The molecule has 2 heterocycles. The number of pyridine rings is 1. The number of hydrogen-bond donors (Lipinski definition) is 1. The number of hydrogen-bond acceptors (Lipinski definition) is 4. The number of ether oxygens (including phenoxy) is 1. The van der Waals surface area contributed by atoms with E-state index in [1.165, 1.54) is 4.90 Å². The second kappa shape index (κ2) is 7.01. The number of nitriles is 1. The van der Waals surface area contributed by atoms with Crippen LogP contribution in [-0.2, 0) is 23.2 Å². The first kappa shape index (κ1) is 17.5. The van der Waals surface area contributed by atoms with Gasteiger partial charge in [0.05, 0.1) is 35.9 Å². The molecule has 0 radical (unpaired) electrons. The minimum Gasteiger partial charge on any atom is -0.465 e. The van der Waals surface area contributed by atoms with E-state index in [4.69, 9.17) is 4.74 Å². The van der Waals surface area contributed by atoms with Gasteiger partial charge in [-0.15, -0.1) is 0 Å². The fourth-order valence-electron chi connectivity index (χ4n) is 3.90. The van der Waals surface area contributed by atoms with Crippen LogP contribution in [0.4, 0.5) is 10.5 Å². The number of amides is 1. The number of carbonyl (C=O) groups is 1. The molecule has 6 heteroatoms. The van der Waals surface area contributed by atoms with Gasteiger partial charge in [-0.1, -0.05) is 30.3 Å². The van der Waals surface area contributed by atoms with Crippen LogP contribution in [0.2, 0.25) is 0 Å². The molecule has 2 aromatic rings. The van der Waals surface area contributed by atoms with Crippen molar-refractivity contribution in [3.05, 3.63) is 59.4 Å². The lowest BCUT2D eigenvalue weighted by Crippen LogP contribution is -2.46. The summed E-state index contributed by atoms with van der Waals surface area (Å²) in [6.07, 6.45) is 1.80. The fraction of sp³-hybridized carbons (Fsp3) is 0.381. The SMILES string of the molecule is N#CC1(c2ccc3c(n2)CCCN3C(=O)O)CC(OCc2ccccc2)C1. The third-order valence-electron chi connectivity index (χ3n) is 5.45. The van der Waals surface area contributed by atoms with E-state index in [-0.39, 0.29) is 6.10 Å². The van der Waals surface area contributed by atoms with Gasteiger partial charge in [0.25, 0.3) is 0 Å². The van der Waals surface area contributed by atoms with E-state index in [0.717, 1.165) is 29.8 Å². The van der Waals surface area contributed by atoms with Crippen molar-refractivity contribution in [2.75, 3.05) is 11.4 Å². The number of anilines is 1. The summed E-state index contributed by atoms with van der Waals surface area (Å²) < 4.78 is 5.94. The molecule has 0 unspecified atom stereocenters. The number of carboxylic acid groups (broad SMARTS) is 1. The van der Waals surface area contributed by atoms with Gasteiger partial charge in [0.15, 0.2) is 0 Å². The molecule has 138 valence electrons. The number of rotatable bonds is 4. The number of aromatic nitrogens is 1. The minimum absolute atomic E-state index is 0.0400. The predicted molar refractivity (Wildman–Crippen MR) is 99.5 cm³/mol. The molecule has 4 rings (SSSR count). The van der Waals surface area contributed by atoms with Gasteiger partial charge in [-0.2, -0.15) is 5.26 Å². The average molecular weight is 363 g/mol. The Bertz CT molecular complexity index is 885. The molecule has 1 fully saturated rings. The van der Waals surface area contributed by atoms with E-state index in [9.17, 15) is 15.2 Å². The van der Waals surface area contributed by atoms with Gasteiger partial charge in [-0.3, -0.25) is 9.88 Å². The van der Waals surface area contributed by atoms with Gasteiger partial charge in [-0.25, -0.2) is 4.79 Å². The second-order valence-corrected chi connectivity index (χ2v) is 7.22. The summed E-state index contributed by atoms with van der Waals surface area (Å²) in [5.41, 5.74) is 2.62. The number of nitrogens with zero attached hydrogens (tertiary/aromatic N) is 3. The van der Waals surface area contributed by atoms with E-state index in [0.29, 0.717) is 31.7 Å². The van der Waals surface area contributed by atoms with Crippen LogP contribution in [0, 0.1) is 11.3 Å². The molecule has 0 bridgehead atoms. The number of aryl methyl sites for hydroxylation is 1. The average Bonchev–Trinajstić information content (AvgIpc) is 2.67. The second-order valence-electron chi connectivity index (χ2n) is 7.22. The van der Waals surface area contributed by atoms with Crippen molar-refractivity contribution in [1.29, 1.82) is 5.26 Å². The van der Waals surface area contributed by atoms with Crippen LogP contribution in [0.5, 0.6) is 0 Å². The molecule has 27 heavy (non-hydrogen) atoms. The van der Waals surface area contributed by atoms with Crippen molar-refractivity contribution in [1.82, 2.24) is 4.98 Å². The van der Waals surface area contributed by atoms with Crippen LogP contribution < -0.4 is 4.90 Å². The van der Waals surface area contributed by atoms with E-state index in [1.54, 1.807) is 12.1 Å². The molecular formula is C21H21N3O3. The number of benzene rings is 1. The molecule has 2 aliphatic rings. The highest BCUT2D eigenvalue weighted by Crippen LogP contribution is 2.45. The molecule has 1 N–H and O–H groups in total. The topological polar surface area (TPSA) is 86.5 Å². The third-order valence-corrected chi connectivity index (χ3v) is 5.45. The van der Waals surface area contributed by atoms with Crippen LogP contribution in [0.1, 0.15) is 36.2 Å². The summed E-state index contributed by atoms with van der Waals surface area (Å²) in [5.74, 6) is 0. The summed E-state index contributed by atoms with van der Waals surface area (Å²) in [5, 5.41) is 19.1. The van der Waals surface area contributed by atoms with E-state index < -0.39 is 11.5 Å². The highest BCUT2D eigenvalue weighted by atomic mass is 16.5. The molecule has 1 amide bonds. The van der Waals surface area contributed by atoms with Crippen molar-refractivity contribution in [3.8, 4) is 6.07 Å². The van der Waals surface area contributed by atoms with Crippen LogP contribution >= 0.6 is 0 Å². The Balaban J connectivity index is 1.46. The van der Waals surface area contributed by atoms with E-state index >= 15 is 0 Å². The van der Waals surface area contributed by atoms with Crippen molar-refractivity contribution >= 4 is 11.8 Å². The van der Waals surface area contributed by atoms with Crippen molar-refractivity contribution in [3.63, 3.8) is 0 Å². The maximum Gasteiger partial charge on any atom is 0.411 e. The van der Waals surface area contributed by atoms with Crippen molar-refractivity contribution < 1.29 is 14.6 Å². The van der Waals surface area contributed by atoms with Crippen LogP contribution in [-0.4, -0.2) is 28.8 Å². The van der Waals surface area contributed by atoms with E-state index in [1.807, 2.05) is 30.3 Å². The Morgan fingerprint density at radius 2 is 2.07 bits per heavy atom. The highest BCUT2D eigenvalue weighted by molar-refractivity contribution is 5.87. The molecule has 0 atom stereocenters. The Hall–Kier alpha value is -2.91. The Labute approximate surface area is 158 Å². The summed E-state index contributed by atoms with van der Waals surface area (Å²) in [7, 11) is 0. The summed E-state index contributed by atoms with van der Waals surface area (Å²) in [4.78, 5) is 17.4. The quantitative estimate of drug-likeness (QED) is 0.896. The standard InChI is InChI=1S/C21H21N3O3/c22-14-21(11-16(12-21)27-13-15-5-2-1-3-6-15)19-9-8-18-17(23-19)7-4-10-24(18)20(25)26/h1-3,5-6,8-9,16H,4,7,10-13H2,(H,25,26). The molecule has 1 aromatic carbocycles. The first-order valence-corrected chi connectivity index (χ1v) is 9.19. The Morgan fingerprint density at radius 1 is 1.30 bits per heavy atom. The monoisotopic (exact) mass is 363 g/mol. The zero-order valence-corrected chi connectivity index (χ0v) is 15.0. The van der Waals surface area contributed by atoms with E-state index in [2.05, 4.69) is 11.1 Å². The molecule has 1 aliphatic heterocycles. The van der Waals surface area contributed by atoms with Crippen molar-refractivity contribution in [2.45, 2.75) is 43.8 Å². The van der Waals surface area contributed by atoms with Gasteiger partial charge >= 0.3 is 6.09 Å². The zero-order chi connectivity index (χ0) is 18.9. The fourth-order valence-corrected chi connectivity index (χ4v) is 3.90. The normalized spacial score (nSPS) is 23.8. The Kier molecular flexibility index (Phi) is 4.54. The smallest absolute Gasteiger partial charge is 0.411 e. The first-order valence-electron chi connectivity index (χ1n) is 9.19. The summed E-state index contributed by atoms with van der Waals surface area (Å²) in [6.45, 7) is 1.03. The van der Waals surface area contributed by atoms with Gasteiger partial charge in [-0.05, 0) is 43.4 Å². The molecular weight excluding hydrogens is 342 g/mol. The third kappa shape index (κ3) is 3.26.